The first kappa shape index (κ1) is 14.3. The summed E-state index contributed by atoms with van der Waals surface area (Å²) in [6, 6.07) is 0. The molecule has 0 bridgehead atoms. The highest BCUT2D eigenvalue weighted by Crippen LogP contribution is 2.26. The fourth-order valence-corrected chi connectivity index (χ4v) is 2.89. The Kier molecular flexibility index (Phi) is 5.89. The fraction of sp³-hybridized carbons (Fsp3) is 1.00. The van der Waals surface area contributed by atoms with E-state index in [4.69, 9.17) is 14.6 Å². The number of nitrogens with zero attached hydrogens (tertiary/aromatic N) is 1. The van der Waals surface area contributed by atoms with Crippen LogP contribution >= 0.6 is 0 Å². The minimum absolute atomic E-state index is 0.245. The van der Waals surface area contributed by atoms with Crippen molar-refractivity contribution in [2.45, 2.75) is 44.8 Å². The Labute approximate surface area is 110 Å². The minimum atomic E-state index is 0.245. The van der Waals surface area contributed by atoms with Crippen molar-refractivity contribution < 1.29 is 14.6 Å². The van der Waals surface area contributed by atoms with E-state index in [2.05, 4.69) is 11.8 Å². The molecule has 2 rings (SSSR count). The number of aliphatic hydroxyl groups excluding tert-OH is 1. The number of rotatable bonds is 5. The van der Waals surface area contributed by atoms with Gasteiger partial charge in [-0.2, -0.15) is 0 Å². The van der Waals surface area contributed by atoms with Crippen LogP contribution in [-0.4, -0.2) is 61.7 Å². The molecule has 1 aliphatic heterocycles. The zero-order valence-corrected chi connectivity index (χ0v) is 11.5. The van der Waals surface area contributed by atoms with Gasteiger partial charge in [0.1, 0.15) is 0 Å². The summed E-state index contributed by atoms with van der Waals surface area (Å²) in [5.41, 5.74) is 0. The highest BCUT2D eigenvalue weighted by atomic mass is 16.5. The normalized spacial score (nSPS) is 34.7. The maximum absolute atomic E-state index is 9.10. The molecule has 0 spiro atoms. The lowest BCUT2D eigenvalue weighted by atomic mass is 9.88. The van der Waals surface area contributed by atoms with Gasteiger partial charge in [-0.15, -0.1) is 0 Å². The van der Waals surface area contributed by atoms with Crippen molar-refractivity contribution in [1.82, 2.24) is 4.90 Å². The Bertz CT molecular complexity index is 229. The summed E-state index contributed by atoms with van der Waals surface area (Å²) in [5, 5.41) is 9.10. The van der Waals surface area contributed by atoms with Gasteiger partial charge in [0.2, 0.25) is 0 Å². The predicted octanol–water partition coefficient (Wildman–Crippen LogP) is 1.27. The summed E-state index contributed by atoms with van der Waals surface area (Å²) < 4.78 is 11.7. The molecular weight excluding hydrogens is 230 g/mol. The lowest BCUT2D eigenvalue weighted by molar-refractivity contribution is -0.0918. The summed E-state index contributed by atoms with van der Waals surface area (Å²) in [6.45, 7) is 7.24. The molecule has 4 nitrogen and oxygen atoms in total. The second-order valence-electron chi connectivity index (χ2n) is 5.54. The van der Waals surface area contributed by atoms with E-state index in [9.17, 15) is 0 Å². The van der Waals surface area contributed by atoms with Crippen LogP contribution in [0.4, 0.5) is 0 Å². The Morgan fingerprint density at radius 1 is 1.28 bits per heavy atom. The number of morpholine rings is 1. The average molecular weight is 257 g/mol. The van der Waals surface area contributed by atoms with Crippen LogP contribution in [0.5, 0.6) is 0 Å². The highest BCUT2D eigenvalue weighted by Gasteiger charge is 2.24. The molecule has 0 amide bonds. The largest absolute Gasteiger partial charge is 0.396 e. The lowest BCUT2D eigenvalue weighted by Crippen LogP contribution is -2.44. The Hall–Kier alpha value is -0.160. The van der Waals surface area contributed by atoms with Gasteiger partial charge in [-0.3, -0.25) is 4.90 Å². The molecule has 4 heteroatoms. The summed E-state index contributed by atoms with van der Waals surface area (Å²) >= 11 is 0. The molecule has 0 aromatic rings. The van der Waals surface area contributed by atoms with Gasteiger partial charge >= 0.3 is 0 Å². The molecule has 1 aliphatic carbocycles. The van der Waals surface area contributed by atoms with E-state index in [-0.39, 0.29) is 6.10 Å². The molecule has 2 aliphatic rings. The zero-order valence-electron chi connectivity index (χ0n) is 11.5. The highest BCUT2D eigenvalue weighted by molar-refractivity contribution is 4.74. The van der Waals surface area contributed by atoms with Crippen molar-refractivity contribution >= 4 is 0 Å². The molecule has 1 N–H and O–H groups in total. The molecule has 18 heavy (non-hydrogen) atoms. The van der Waals surface area contributed by atoms with Crippen molar-refractivity contribution in [3.63, 3.8) is 0 Å². The van der Waals surface area contributed by atoms with Gasteiger partial charge in [-0.25, -0.2) is 0 Å². The van der Waals surface area contributed by atoms with Crippen LogP contribution in [0.1, 0.15) is 32.6 Å². The number of aliphatic hydroxyl groups is 1. The van der Waals surface area contributed by atoms with Gasteiger partial charge in [0, 0.05) is 19.7 Å². The van der Waals surface area contributed by atoms with Gasteiger partial charge in [0.15, 0.2) is 0 Å². The third kappa shape index (κ3) is 4.19. The van der Waals surface area contributed by atoms with Gasteiger partial charge in [0.25, 0.3) is 0 Å². The minimum Gasteiger partial charge on any atom is -0.396 e. The molecule has 1 saturated heterocycles. The third-order valence-electron chi connectivity index (χ3n) is 4.24. The van der Waals surface area contributed by atoms with Crippen LogP contribution in [0.25, 0.3) is 0 Å². The van der Waals surface area contributed by atoms with E-state index >= 15 is 0 Å². The molecule has 0 aromatic carbocycles. The van der Waals surface area contributed by atoms with E-state index < -0.39 is 0 Å². The van der Waals surface area contributed by atoms with Crippen LogP contribution in [0.2, 0.25) is 0 Å². The van der Waals surface area contributed by atoms with Crippen LogP contribution in [0, 0.1) is 5.92 Å². The van der Waals surface area contributed by atoms with E-state index in [1.165, 1.54) is 0 Å². The number of hydrogen-bond donors (Lipinski definition) is 1. The molecule has 1 saturated carbocycles. The molecule has 0 radical (unpaired) electrons. The van der Waals surface area contributed by atoms with Crippen molar-refractivity contribution in [1.29, 1.82) is 0 Å². The molecule has 106 valence electrons. The van der Waals surface area contributed by atoms with E-state index in [1.54, 1.807) is 0 Å². The summed E-state index contributed by atoms with van der Waals surface area (Å²) in [4.78, 5) is 2.42. The van der Waals surface area contributed by atoms with Crippen molar-refractivity contribution in [3.8, 4) is 0 Å². The molecule has 1 heterocycles. The van der Waals surface area contributed by atoms with Gasteiger partial charge in [-0.05, 0) is 38.1 Å². The first-order chi connectivity index (χ1) is 8.81. The van der Waals surface area contributed by atoms with Crippen LogP contribution in [0.15, 0.2) is 0 Å². The van der Waals surface area contributed by atoms with E-state index in [0.717, 1.165) is 58.5 Å². The predicted molar refractivity (Wildman–Crippen MR) is 70.6 cm³/mol. The quantitative estimate of drug-likeness (QED) is 0.805. The molecule has 1 atom stereocenters. The molecule has 0 aromatic heterocycles. The maximum atomic E-state index is 9.10. The van der Waals surface area contributed by atoms with E-state index in [0.29, 0.717) is 18.6 Å². The number of ether oxygens (including phenoxy) is 2. The number of hydrogen-bond acceptors (Lipinski definition) is 4. The van der Waals surface area contributed by atoms with E-state index in [1.807, 2.05) is 0 Å². The van der Waals surface area contributed by atoms with Gasteiger partial charge < -0.3 is 14.6 Å². The van der Waals surface area contributed by atoms with Crippen molar-refractivity contribution in [3.05, 3.63) is 0 Å². The molecule has 2 fully saturated rings. The fourth-order valence-electron chi connectivity index (χ4n) is 2.89. The van der Waals surface area contributed by atoms with Crippen LogP contribution in [0.3, 0.4) is 0 Å². The van der Waals surface area contributed by atoms with Crippen LogP contribution < -0.4 is 0 Å². The summed E-state index contributed by atoms with van der Waals surface area (Å²) in [5.74, 6) is 0.506. The first-order valence-corrected chi connectivity index (χ1v) is 7.38. The van der Waals surface area contributed by atoms with Gasteiger partial charge in [-0.1, -0.05) is 6.92 Å². The average Bonchev–Trinajstić information content (AvgIpc) is 2.46. The standard InChI is InChI=1S/C14H27NO3/c1-2-15-7-8-17-14(9-15)11-18-13-5-3-12(10-16)4-6-13/h12-14,16H,2-11H2,1H3. The first-order valence-electron chi connectivity index (χ1n) is 7.38. The third-order valence-corrected chi connectivity index (χ3v) is 4.24. The Morgan fingerprint density at radius 3 is 2.72 bits per heavy atom. The Morgan fingerprint density at radius 2 is 2.06 bits per heavy atom. The molecular formula is C14H27NO3. The summed E-state index contributed by atoms with van der Waals surface area (Å²) in [7, 11) is 0. The maximum Gasteiger partial charge on any atom is 0.0935 e. The molecule has 1 unspecified atom stereocenters. The van der Waals surface area contributed by atoms with Crippen molar-refractivity contribution in [2.24, 2.45) is 5.92 Å². The summed E-state index contributed by atoms with van der Waals surface area (Å²) in [6.07, 6.45) is 5.02. The lowest BCUT2D eigenvalue weighted by Gasteiger charge is -2.34. The second-order valence-corrected chi connectivity index (χ2v) is 5.54. The topological polar surface area (TPSA) is 41.9 Å². The van der Waals surface area contributed by atoms with Gasteiger partial charge in [0.05, 0.1) is 25.4 Å². The second kappa shape index (κ2) is 7.43. The number of likely N-dealkylation sites (N-methyl/N-ethyl adjacent to an activating group) is 1. The van der Waals surface area contributed by atoms with Crippen LogP contribution in [-0.2, 0) is 9.47 Å². The zero-order chi connectivity index (χ0) is 12.8. The monoisotopic (exact) mass is 257 g/mol. The smallest absolute Gasteiger partial charge is 0.0935 e. The Balaban J connectivity index is 1.63. The SMILES string of the molecule is CCN1CCOC(COC2CCC(CO)CC2)C1. The van der Waals surface area contributed by atoms with Crippen molar-refractivity contribution in [2.75, 3.05) is 39.5 Å².